The number of para-hydroxylation sites is 4. The van der Waals surface area contributed by atoms with E-state index in [1.54, 1.807) is 0 Å². The van der Waals surface area contributed by atoms with Crippen molar-refractivity contribution in [1.82, 2.24) is 9.13 Å². The topological polar surface area (TPSA) is 9.86 Å². The first-order chi connectivity index (χ1) is 25.9. The van der Waals surface area contributed by atoms with Crippen LogP contribution in [0.2, 0.25) is 0 Å². The van der Waals surface area contributed by atoms with Gasteiger partial charge < -0.3 is 9.13 Å². The summed E-state index contributed by atoms with van der Waals surface area (Å²) in [4.78, 5) is 0. The summed E-state index contributed by atoms with van der Waals surface area (Å²) < 4.78 is 5.07. The van der Waals surface area contributed by atoms with E-state index in [0.717, 1.165) is 0 Å². The first-order valence-electron chi connectivity index (χ1n) is 18.3. The van der Waals surface area contributed by atoms with Crippen molar-refractivity contribution in [2.75, 3.05) is 0 Å². The van der Waals surface area contributed by atoms with E-state index >= 15 is 0 Å². The van der Waals surface area contributed by atoms with Gasteiger partial charge in [0.25, 0.3) is 0 Å². The van der Waals surface area contributed by atoms with Crippen LogP contribution in [0.5, 0.6) is 0 Å². The average molecular weight is 656 g/mol. The van der Waals surface area contributed by atoms with Gasteiger partial charge in [-0.25, -0.2) is 0 Å². The second-order valence-corrected chi connectivity index (χ2v) is 14.4. The molecule has 2 nitrogen and oxygen atoms in total. The van der Waals surface area contributed by atoms with Gasteiger partial charge in [-0.1, -0.05) is 169 Å². The van der Waals surface area contributed by atoms with Gasteiger partial charge in [-0.05, 0) is 57.2 Å². The van der Waals surface area contributed by atoms with E-state index in [9.17, 15) is 0 Å². The van der Waals surface area contributed by atoms with Crippen LogP contribution in [-0.2, 0) is 0 Å². The fraction of sp³-hybridized carbons (Fsp3) is 0. The molecule has 2 aromatic heterocycles. The quantitative estimate of drug-likeness (QED) is 0.178. The lowest BCUT2D eigenvalue weighted by Gasteiger charge is -2.26. The highest BCUT2D eigenvalue weighted by atomic mass is 15.0. The van der Waals surface area contributed by atoms with Crippen LogP contribution in [-0.4, -0.2) is 22.6 Å². The monoisotopic (exact) mass is 656 g/mol. The third kappa shape index (κ3) is 3.61. The van der Waals surface area contributed by atoms with Crippen LogP contribution in [0.1, 0.15) is 0 Å². The van der Waals surface area contributed by atoms with E-state index < -0.39 is 0 Å². The molecule has 0 atom stereocenters. The molecular weight excluding hydrogens is 626 g/mol. The lowest BCUT2D eigenvalue weighted by atomic mass is 9.35. The Morgan fingerprint density at radius 1 is 0.308 bits per heavy atom. The van der Waals surface area contributed by atoms with Gasteiger partial charge in [-0.3, -0.25) is 0 Å². The Balaban J connectivity index is 1.19. The van der Waals surface area contributed by atoms with Crippen molar-refractivity contribution >= 4 is 89.8 Å². The predicted molar refractivity (Wildman–Crippen MR) is 223 cm³/mol. The van der Waals surface area contributed by atoms with Crippen LogP contribution in [0.15, 0.2) is 182 Å². The molecule has 0 saturated carbocycles. The Labute approximate surface area is 302 Å². The number of benzene rings is 8. The lowest BCUT2D eigenvalue weighted by Crippen LogP contribution is -2.55. The second-order valence-electron chi connectivity index (χ2n) is 14.4. The minimum Gasteiger partial charge on any atom is -0.310 e. The minimum absolute atomic E-state index is 0.167. The van der Waals surface area contributed by atoms with Crippen molar-refractivity contribution in [1.29, 1.82) is 0 Å². The van der Waals surface area contributed by atoms with Crippen molar-refractivity contribution in [3.63, 3.8) is 0 Å². The summed E-state index contributed by atoms with van der Waals surface area (Å²) in [6.07, 6.45) is 0. The Morgan fingerprint density at radius 2 is 0.692 bits per heavy atom. The van der Waals surface area contributed by atoms with E-state index in [1.165, 1.54) is 98.9 Å². The van der Waals surface area contributed by atoms with E-state index in [-0.39, 0.29) is 13.4 Å². The average Bonchev–Trinajstić information content (AvgIpc) is 3.74. The van der Waals surface area contributed by atoms with Crippen molar-refractivity contribution < 1.29 is 0 Å². The molecule has 10 aromatic rings. The summed E-state index contributed by atoms with van der Waals surface area (Å²) >= 11 is 0. The van der Waals surface area contributed by atoms with Gasteiger partial charge in [-0.15, -0.1) is 0 Å². The maximum atomic E-state index is 2.54. The molecule has 0 N–H and O–H groups in total. The molecule has 2 aliphatic rings. The Morgan fingerprint density at radius 3 is 1.15 bits per heavy atom. The van der Waals surface area contributed by atoms with E-state index in [0.29, 0.717) is 0 Å². The van der Waals surface area contributed by atoms with Gasteiger partial charge in [0.1, 0.15) is 0 Å². The molecular formula is C48H30B2N2. The summed E-state index contributed by atoms with van der Waals surface area (Å²) in [6.45, 7) is 0.334. The van der Waals surface area contributed by atoms with Crippen LogP contribution >= 0.6 is 0 Å². The number of rotatable bonds is 3. The molecule has 0 fully saturated rings. The second kappa shape index (κ2) is 10.5. The third-order valence-corrected chi connectivity index (χ3v) is 11.8. The molecule has 0 saturated heterocycles. The number of fused-ring (bicyclic) bond motifs is 10. The first kappa shape index (κ1) is 28.2. The van der Waals surface area contributed by atoms with E-state index in [4.69, 9.17) is 0 Å². The maximum absolute atomic E-state index is 2.54. The maximum Gasteiger partial charge on any atom is 0.246 e. The van der Waals surface area contributed by atoms with E-state index in [1.807, 2.05) is 0 Å². The molecule has 0 bridgehead atoms. The highest BCUT2D eigenvalue weighted by Gasteiger charge is 2.35. The normalized spacial score (nSPS) is 12.9. The Bertz CT molecular complexity index is 2870. The number of hydrogen-bond acceptors (Lipinski definition) is 0. The molecule has 0 amide bonds. The molecule has 0 radical (unpaired) electrons. The van der Waals surface area contributed by atoms with Gasteiger partial charge in [0.15, 0.2) is 0 Å². The SMILES string of the molecule is c1ccc(B2c3ccccc3-n3c4cccc(-c5cccc6c5c5cccc7c5n6-c5ccccc5B7c5ccccc5)c4c4cccc2c43)cc1. The van der Waals surface area contributed by atoms with Crippen LogP contribution in [0.4, 0.5) is 0 Å². The summed E-state index contributed by atoms with van der Waals surface area (Å²) in [5.74, 6) is 0. The fourth-order valence-corrected chi connectivity index (χ4v) is 9.92. The van der Waals surface area contributed by atoms with Gasteiger partial charge in [0, 0.05) is 44.0 Å². The first-order valence-corrected chi connectivity index (χ1v) is 18.3. The molecule has 8 aromatic carbocycles. The zero-order valence-electron chi connectivity index (χ0n) is 28.4. The predicted octanol–water partition coefficient (Wildman–Crippen LogP) is 7.21. The smallest absolute Gasteiger partial charge is 0.246 e. The molecule has 4 heterocycles. The van der Waals surface area contributed by atoms with Crippen LogP contribution in [0.25, 0.3) is 66.1 Å². The Kier molecular flexibility index (Phi) is 5.70. The molecule has 0 spiro atoms. The van der Waals surface area contributed by atoms with Crippen molar-refractivity contribution in [3.8, 4) is 22.5 Å². The molecule has 238 valence electrons. The highest BCUT2D eigenvalue weighted by molar-refractivity contribution is 6.98. The molecule has 4 heteroatoms. The molecule has 2 aliphatic heterocycles. The number of aromatic nitrogens is 2. The van der Waals surface area contributed by atoms with Crippen LogP contribution < -0.4 is 32.8 Å². The van der Waals surface area contributed by atoms with Gasteiger partial charge in [0.2, 0.25) is 13.4 Å². The zero-order chi connectivity index (χ0) is 33.9. The van der Waals surface area contributed by atoms with Crippen LogP contribution in [0.3, 0.4) is 0 Å². The van der Waals surface area contributed by atoms with Crippen molar-refractivity contribution in [3.05, 3.63) is 182 Å². The zero-order valence-corrected chi connectivity index (χ0v) is 28.4. The van der Waals surface area contributed by atoms with Crippen molar-refractivity contribution in [2.24, 2.45) is 0 Å². The fourth-order valence-electron chi connectivity index (χ4n) is 9.92. The van der Waals surface area contributed by atoms with E-state index in [2.05, 4.69) is 191 Å². The minimum atomic E-state index is 0.167. The summed E-state index contributed by atoms with van der Waals surface area (Å²) in [7, 11) is 0. The van der Waals surface area contributed by atoms with Gasteiger partial charge in [0.05, 0.1) is 11.0 Å². The van der Waals surface area contributed by atoms with Gasteiger partial charge >= 0.3 is 0 Å². The molecule has 52 heavy (non-hydrogen) atoms. The van der Waals surface area contributed by atoms with Crippen LogP contribution in [0, 0.1) is 0 Å². The molecule has 0 aliphatic carbocycles. The Hall–Kier alpha value is -6.51. The third-order valence-electron chi connectivity index (χ3n) is 11.8. The summed E-state index contributed by atoms with van der Waals surface area (Å²) in [6, 6.07) is 67.8. The summed E-state index contributed by atoms with van der Waals surface area (Å²) in [5, 5.41) is 5.23. The highest BCUT2D eigenvalue weighted by Crippen LogP contribution is 2.44. The lowest BCUT2D eigenvalue weighted by molar-refractivity contribution is 1.19. The molecule has 0 unspecified atom stereocenters. The molecule has 12 rings (SSSR count). The number of hydrogen-bond donors (Lipinski definition) is 0. The summed E-state index contributed by atoms with van der Waals surface area (Å²) in [5.41, 5.74) is 18.3. The van der Waals surface area contributed by atoms with Crippen molar-refractivity contribution in [2.45, 2.75) is 0 Å². The standard InChI is InChI=1S/C48H30B2N2/c1-3-15-31(16-4-1)49-37-23-7-9-27-41(37)51-43-29-13-19-33(45(43)35-21-11-25-39(49)47(35)51)34-20-14-30-44-46(34)36-22-12-26-40-48(36)52(44)42-28-10-8-24-38(42)50(40)32-17-5-2-6-18-32/h1-30H. The number of nitrogens with zero attached hydrogens (tertiary/aromatic N) is 2. The van der Waals surface area contributed by atoms with Gasteiger partial charge in [-0.2, -0.15) is 0 Å². The largest absolute Gasteiger partial charge is 0.310 e.